The number of hydrogen-bond donors (Lipinski definition) is 0. The number of rotatable bonds is 3. The van der Waals surface area contributed by atoms with Gasteiger partial charge in [-0.1, -0.05) is 6.92 Å². The van der Waals surface area contributed by atoms with E-state index in [1.54, 1.807) is 0 Å². The Morgan fingerprint density at radius 3 is 2.22 bits per heavy atom. The maximum absolute atomic E-state index is 5.70. The molecule has 2 fully saturated rings. The molecule has 0 saturated carbocycles. The summed E-state index contributed by atoms with van der Waals surface area (Å²) in [6.45, 7) is 9.37. The lowest BCUT2D eigenvalue weighted by Gasteiger charge is -2.20. The average molecular weight is 267 g/mol. The Bertz CT molecular complexity index is 394. The van der Waals surface area contributed by atoms with Gasteiger partial charge in [-0.3, -0.25) is 4.90 Å². The average Bonchev–Trinajstić information content (AvgIpc) is 2.89. The molecular formula is C13H19ClN4. The largest absolute Gasteiger partial charge is 0.303 e. The van der Waals surface area contributed by atoms with Crippen LogP contribution in [0.1, 0.15) is 12.5 Å². The van der Waals surface area contributed by atoms with Crippen LogP contribution in [0.3, 0.4) is 0 Å². The molecule has 2 atom stereocenters. The minimum absolute atomic E-state index is 0.329. The molecule has 0 amide bonds. The maximum Gasteiger partial charge on any atom is 0.222 e. The molecule has 0 aliphatic carbocycles. The minimum Gasteiger partial charge on any atom is -0.303 e. The molecule has 3 heterocycles. The molecule has 2 aliphatic heterocycles. The molecule has 1 aromatic heterocycles. The van der Waals surface area contributed by atoms with Gasteiger partial charge in [-0.15, -0.1) is 0 Å². The molecule has 5 heteroatoms. The first-order valence-corrected chi connectivity index (χ1v) is 7.03. The number of hydrogen-bond acceptors (Lipinski definition) is 4. The number of likely N-dealkylation sites (tertiary alicyclic amines) is 2. The fourth-order valence-corrected chi connectivity index (χ4v) is 3.35. The molecule has 1 aromatic rings. The fourth-order valence-electron chi connectivity index (χ4n) is 3.25. The van der Waals surface area contributed by atoms with E-state index in [-0.39, 0.29) is 0 Å². The van der Waals surface area contributed by atoms with Crippen LogP contribution in [0.15, 0.2) is 12.4 Å². The van der Waals surface area contributed by atoms with Gasteiger partial charge in [0.25, 0.3) is 0 Å². The van der Waals surface area contributed by atoms with Gasteiger partial charge in [0.15, 0.2) is 0 Å². The SMILES string of the molecule is CCN1CC2CN(Cc3cnc(Cl)nc3)CC2C1. The Balaban J connectivity index is 1.56. The molecule has 2 unspecified atom stereocenters. The third-order valence-electron chi connectivity index (χ3n) is 4.16. The summed E-state index contributed by atoms with van der Waals surface area (Å²) in [5.41, 5.74) is 1.16. The van der Waals surface area contributed by atoms with Crippen LogP contribution >= 0.6 is 11.6 Å². The Labute approximate surface area is 113 Å². The summed E-state index contributed by atoms with van der Waals surface area (Å²) in [5, 5.41) is 0.329. The van der Waals surface area contributed by atoms with Crippen molar-refractivity contribution in [3.05, 3.63) is 23.2 Å². The van der Waals surface area contributed by atoms with E-state index in [2.05, 4.69) is 26.7 Å². The van der Waals surface area contributed by atoms with E-state index in [1.807, 2.05) is 12.4 Å². The molecule has 2 aliphatic rings. The zero-order valence-corrected chi connectivity index (χ0v) is 11.5. The van der Waals surface area contributed by atoms with Crippen molar-refractivity contribution < 1.29 is 0 Å². The van der Waals surface area contributed by atoms with Gasteiger partial charge in [-0.25, -0.2) is 9.97 Å². The molecule has 18 heavy (non-hydrogen) atoms. The molecule has 0 radical (unpaired) electrons. The van der Waals surface area contributed by atoms with Crippen LogP contribution < -0.4 is 0 Å². The predicted molar refractivity (Wildman–Crippen MR) is 71.4 cm³/mol. The molecule has 0 bridgehead atoms. The van der Waals surface area contributed by atoms with E-state index >= 15 is 0 Å². The normalized spacial score (nSPS) is 28.8. The van der Waals surface area contributed by atoms with Crippen LogP contribution in [0.5, 0.6) is 0 Å². The van der Waals surface area contributed by atoms with Crippen LogP contribution in [-0.4, -0.2) is 52.5 Å². The van der Waals surface area contributed by atoms with E-state index in [1.165, 1.54) is 32.7 Å². The van der Waals surface area contributed by atoms with Crippen molar-refractivity contribution in [3.8, 4) is 0 Å². The number of fused-ring (bicyclic) bond motifs is 1. The smallest absolute Gasteiger partial charge is 0.222 e. The van der Waals surface area contributed by atoms with Crippen LogP contribution in [0, 0.1) is 11.8 Å². The highest BCUT2D eigenvalue weighted by Crippen LogP contribution is 2.31. The van der Waals surface area contributed by atoms with Gasteiger partial charge in [0.05, 0.1) is 0 Å². The molecule has 3 rings (SSSR count). The van der Waals surface area contributed by atoms with Crippen molar-refractivity contribution in [2.24, 2.45) is 11.8 Å². The Hall–Kier alpha value is -0.710. The third kappa shape index (κ3) is 2.51. The van der Waals surface area contributed by atoms with Gasteiger partial charge in [0.1, 0.15) is 0 Å². The van der Waals surface area contributed by atoms with Crippen molar-refractivity contribution in [2.75, 3.05) is 32.7 Å². The van der Waals surface area contributed by atoms with Crippen molar-refractivity contribution >= 4 is 11.6 Å². The quantitative estimate of drug-likeness (QED) is 0.777. The maximum atomic E-state index is 5.70. The van der Waals surface area contributed by atoms with Gasteiger partial charge in [-0.2, -0.15) is 0 Å². The van der Waals surface area contributed by atoms with E-state index in [9.17, 15) is 0 Å². The number of halogens is 1. The Morgan fingerprint density at radius 2 is 1.67 bits per heavy atom. The third-order valence-corrected chi connectivity index (χ3v) is 4.36. The first-order valence-electron chi connectivity index (χ1n) is 6.65. The van der Waals surface area contributed by atoms with Gasteiger partial charge in [0.2, 0.25) is 5.28 Å². The van der Waals surface area contributed by atoms with Crippen LogP contribution in [0.25, 0.3) is 0 Å². The van der Waals surface area contributed by atoms with E-state index in [0.717, 1.165) is 23.9 Å². The van der Waals surface area contributed by atoms with Gasteiger partial charge in [-0.05, 0) is 30.0 Å². The lowest BCUT2D eigenvalue weighted by molar-refractivity contribution is 0.256. The Morgan fingerprint density at radius 1 is 1.11 bits per heavy atom. The van der Waals surface area contributed by atoms with Crippen molar-refractivity contribution in [1.29, 1.82) is 0 Å². The summed E-state index contributed by atoms with van der Waals surface area (Å²) in [6, 6.07) is 0. The lowest BCUT2D eigenvalue weighted by Crippen LogP contribution is -2.28. The first-order chi connectivity index (χ1) is 8.74. The number of aromatic nitrogens is 2. The standard InChI is InChI=1S/C13H19ClN4/c1-2-17-6-11-8-18(9-12(11)7-17)5-10-3-15-13(14)16-4-10/h3-4,11-12H,2,5-9H2,1H3. The second-order valence-electron chi connectivity index (χ2n) is 5.43. The summed E-state index contributed by atoms with van der Waals surface area (Å²) in [5.74, 6) is 1.72. The molecule has 0 aromatic carbocycles. The van der Waals surface area contributed by atoms with Crippen LogP contribution in [0.2, 0.25) is 5.28 Å². The monoisotopic (exact) mass is 266 g/mol. The molecule has 0 spiro atoms. The van der Waals surface area contributed by atoms with E-state index in [4.69, 9.17) is 11.6 Å². The fraction of sp³-hybridized carbons (Fsp3) is 0.692. The van der Waals surface area contributed by atoms with Crippen LogP contribution in [-0.2, 0) is 6.54 Å². The molecular weight excluding hydrogens is 248 g/mol. The van der Waals surface area contributed by atoms with Crippen LogP contribution in [0.4, 0.5) is 0 Å². The van der Waals surface area contributed by atoms with Gasteiger partial charge >= 0.3 is 0 Å². The van der Waals surface area contributed by atoms with Gasteiger partial charge in [0, 0.05) is 50.7 Å². The second kappa shape index (κ2) is 5.11. The zero-order chi connectivity index (χ0) is 12.5. The summed E-state index contributed by atoms with van der Waals surface area (Å²) in [7, 11) is 0. The number of nitrogens with zero attached hydrogens (tertiary/aromatic N) is 4. The second-order valence-corrected chi connectivity index (χ2v) is 5.76. The predicted octanol–water partition coefficient (Wildman–Crippen LogP) is 1.51. The topological polar surface area (TPSA) is 32.3 Å². The zero-order valence-electron chi connectivity index (χ0n) is 10.7. The highest BCUT2D eigenvalue weighted by molar-refractivity contribution is 6.28. The van der Waals surface area contributed by atoms with E-state index in [0.29, 0.717) is 5.28 Å². The van der Waals surface area contributed by atoms with Crippen molar-refractivity contribution in [1.82, 2.24) is 19.8 Å². The molecule has 2 saturated heterocycles. The molecule has 4 nitrogen and oxygen atoms in total. The minimum atomic E-state index is 0.329. The molecule has 98 valence electrons. The summed E-state index contributed by atoms with van der Waals surface area (Å²) < 4.78 is 0. The van der Waals surface area contributed by atoms with Crippen molar-refractivity contribution in [2.45, 2.75) is 13.5 Å². The van der Waals surface area contributed by atoms with Crippen molar-refractivity contribution in [3.63, 3.8) is 0 Å². The summed E-state index contributed by atoms with van der Waals surface area (Å²) in [6.07, 6.45) is 3.67. The summed E-state index contributed by atoms with van der Waals surface area (Å²) in [4.78, 5) is 13.2. The first kappa shape index (κ1) is 12.3. The summed E-state index contributed by atoms with van der Waals surface area (Å²) >= 11 is 5.70. The molecule has 0 N–H and O–H groups in total. The van der Waals surface area contributed by atoms with E-state index < -0.39 is 0 Å². The highest BCUT2D eigenvalue weighted by Gasteiger charge is 2.39. The highest BCUT2D eigenvalue weighted by atomic mass is 35.5. The lowest BCUT2D eigenvalue weighted by atomic mass is 10.0. The van der Waals surface area contributed by atoms with Gasteiger partial charge < -0.3 is 4.90 Å². The Kier molecular flexibility index (Phi) is 3.50.